The fourth-order valence-corrected chi connectivity index (χ4v) is 5.38. The van der Waals surface area contributed by atoms with Crippen molar-refractivity contribution in [2.45, 2.75) is 37.8 Å². The van der Waals surface area contributed by atoms with Crippen LogP contribution in [0.5, 0.6) is 0 Å². The number of nitrogens with zero attached hydrogens (tertiary/aromatic N) is 2. The molecular formula is C27H28Cl2FN3O4S. The van der Waals surface area contributed by atoms with Gasteiger partial charge in [-0.2, -0.15) is 0 Å². The standard InChI is InChI=1S/C27H28Cl2FN3O4S/c1-3-15-31-27(35)19(2)32(17-20-9-11-21(28)12-10-20)26(34)18-33(22-13-14-25(30)24(29)16-22)38(36,37)23-7-5-4-6-8-23/h4-14,16,19H,3,15,17-18H2,1-2H3,(H,31,35)/t19-/m0/s1. The molecular weight excluding hydrogens is 552 g/mol. The minimum Gasteiger partial charge on any atom is -0.354 e. The summed E-state index contributed by atoms with van der Waals surface area (Å²) in [5.74, 6) is -1.75. The molecule has 0 heterocycles. The van der Waals surface area contributed by atoms with Gasteiger partial charge in [0.15, 0.2) is 0 Å². The first-order valence-electron chi connectivity index (χ1n) is 11.9. The lowest BCUT2D eigenvalue weighted by Gasteiger charge is -2.32. The summed E-state index contributed by atoms with van der Waals surface area (Å²) in [6.07, 6.45) is 0.706. The summed E-state index contributed by atoms with van der Waals surface area (Å²) in [6.45, 7) is 3.28. The van der Waals surface area contributed by atoms with Crippen LogP contribution in [-0.2, 0) is 26.2 Å². The van der Waals surface area contributed by atoms with E-state index in [0.717, 1.165) is 16.4 Å². The maximum atomic E-state index is 13.9. The van der Waals surface area contributed by atoms with E-state index in [1.54, 1.807) is 49.4 Å². The van der Waals surface area contributed by atoms with E-state index in [9.17, 15) is 22.4 Å². The molecule has 11 heteroatoms. The maximum Gasteiger partial charge on any atom is 0.264 e. The Morgan fingerprint density at radius 1 is 1.00 bits per heavy atom. The molecule has 1 atom stereocenters. The van der Waals surface area contributed by atoms with Gasteiger partial charge in [-0.3, -0.25) is 13.9 Å². The quantitative estimate of drug-likeness (QED) is 0.335. The second-order valence-corrected chi connectivity index (χ2v) is 11.2. The van der Waals surface area contributed by atoms with Gasteiger partial charge in [0, 0.05) is 18.1 Å². The third-order valence-corrected chi connectivity index (χ3v) is 8.11. The highest BCUT2D eigenvalue weighted by Gasteiger charge is 2.32. The molecule has 0 aliphatic heterocycles. The molecule has 0 saturated carbocycles. The second kappa shape index (κ2) is 13.1. The largest absolute Gasteiger partial charge is 0.354 e. The highest BCUT2D eigenvalue weighted by molar-refractivity contribution is 7.92. The van der Waals surface area contributed by atoms with Crippen molar-refractivity contribution in [3.05, 3.63) is 94.2 Å². The summed E-state index contributed by atoms with van der Waals surface area (Å²) in [5, 5.41) is 2.98. The molecule has 0 aliphatic carbocycles. The number of carbonyl (C=O) groups excluding carboxylic acids is 2. The van der Waals surface area contributed by atoms with Crippen LogP contribution in [0.2, 0.25) is 10.0 Å². The molecule has 3 rings (SSSR count). The van der Waals surface area contributed by atoms with Crippen LogP contribution in [0.1, 0.15) is 25.8 Å². The predicted molar refractivity (Wildman–Crippen MR) is 147 cm³/mol. The van der Waals surface area contributed by atoms with E-state index in [1.165, 1.54) is 23.1 Å². The first-order chi connectivity index (χ1) is 18.0. The first-order valence-corrected chi connectivity index (χ1v) is 14.1. The number of hydrogen-bond acceptors (Lipinski definition) is 4. The smallest absolute Gasteiger partial charge is 0.264 e. The molecule has 1 N–H and O–H groups in total. The average molecular weight is 581 g/mol. The van der Waals surface area contributed by atoms with Crippen LogP contribution < -0.4 is 9.62 Å². The molecule has 0 unspecified atom stereocenters. The lowest BCUT2D eigenvalue weighted by atomic mass is 10.1. The van der Waals surface area contributed by atoms with Crippen LogP contribution in [0.4, 0.5) is 10.1 Å². The van der Waals surface area contributed by atoms with Gasteiger partial charge in [-0.15, -0.1) is 0 Å². The Hall–Kier alpha value is -3.14. The lowest BCUT2D eigenvalue weighted by Crippen LogP contribution is -2.51. The van der Waals surface area contributed by atoms with Crippen LogP contribution in [0.3, 0.4) is 0 Å². The number of carbonyl (C=O) groups is 2. The minimum atomic E-state index is -4.26. The summed E-state index contributed by atoms with van der Waals surface area (Å²) in [5.41, 5.74) is 0.698. The molecule has 0 saturated heterocycles. The summed E-state index contributed by atoms with van der Waals surface area (Å²) in [4.78, 5) is 27.8. The van der Waals surface area contributed by atoms with Crippen molar-refractivity contribution in [1.82, 2.24) is 10.2 Å². The van der Waals surface area contributed by atoms with Gasteiger partial charge in [0.05, 0.1) is 15.6 Å². The maximum absolute atomic E-state index is 13.9. The number of benzene rings is 3. The van der Waals surface area contributed by atoms with Crippen molar-refractivity contribution in [3.8, 4) is 0 Å². The van der Waals surface area contributed by atoms with Gasteiger partial charge in [0.2, 0.25) is 11.8 Å². The Labute approximate surface area is 232 Å². The van der Waals surface area contributed by atoms with E-state index in [4.69, 9.17) is 23.2 Å². The van der Waals surface area contributed by atoms with Crippen molar-refractivity contribution in [3.63, 3.8) is 0 Å². The normalized spacial score (nSPS) is 12.0. The molecule has 0 fully saturated rings. The topological polar surface area (TPSA) is 86.8 Å². The fraction of sp³-hybridized carbons (Fsp3) is 0.259. The Morgan fingerprint density at radius 2 is 1.66 bits per heavy atom. The lowest BCUT2D eigenvalue weighted by molar-refractivity contribution is -0.139. The molecule has 0 spiro atoms. The summed E-state index contributed by atoms with van der Waals surface area (Å²) in [6, 6.07) is 16.8. The Bertz CT molecular complexity index is 1370. The molecule has 38 heavy (non-hydrogen) atoms. The van der Waals surface area contributed by atoms with Crippen LogP contribution in [0, 0.1) is 5.82 Å². The number of nitrogens with one attached hydrogen (secondary N) is 1. The Kier molecular flexibility index (Phi) is 10.1. The Balaban J connectivity index is 2.02. The third kappa shape index (κ3) is 7.24. The Morgan fingerprint density at radius 3 is 2.26 bits per heavy atom. The van der Waals surface area contributed by atoms with Crippen molar-refractivity contribution in [1.29, 1.82) is 0 Å². The van der Waals surface area contributed by atoms with E-state index in [1.807, 2.05) is 6.92 Å². The summed E-state index contributed by atoms with van der Waals surface area (Å²) >= 11 is 12.0. The number of sulfonamides is 1. The molecule has 0 aromatic heterocycles. The fourth-order valence-electron chi connectivity index (χ4n) is 3.65. The highest BCUT2D eigenvalue weighted by Crippen LogP contribution is 2.28. The second-order valence-electron chi connectivity index (χ2n) is 8.54. The summed E-state index contributed by atoms with van der Waals surface area (Å²) < 4.78 is 42.1. The zero-order chi connectivity index (χ0) is 27.9. The van der Waals surface area contributed by atoms with Gasteiger partial charge in [0.25, 0.3) is 10.0 Å². The first kappa shape index (κ1) is 29.4. The van der Waals surface area contributed by atoms with E-state index in [0.29, 0.717) is 23.6 Å². The number of halogens is 3. The SMILES string of the molecule is CCCNC(=O)[C@H](C)N(Cc1ccc(Cl)cc1)C(=O)CN(c1ccc(F)c(Cl)c1)S(=O)(=O)c1ccccc1. The van der Waals surface area contributed by atoms with Gasteiger partial charge in [-0.05, 0) is 61.4 Å². The van der Waals surface area contributed by atoms with Gasteiger partial charge in [-0.25, -0.2) is 12.8 Å². The van der Waals surface area contributed by atoms with Gasteiger partial charge in [-0.1, -0.05) is 60.5 Å². The summed E-state index contributed by atoms with van der Waals surface area (Å²) in [7, 11) is -4.26. The number of rotatable bonds is 11. The van der Waals surface area contributed by atoms with Gasteiger partial charge >= 0.3 is 0 Å². The van der Waals surface area contributed by atoms with Crippen molar-refractivity contribution < 1.29 is 22.4 Å². The van der Waals surface area contributed by atoms with Crippen LogP contribution in [-0.4, -0.2) is 44.3 Å². The van der Waals surface area contributed by atoms with Crippen LogP contribution in [0.15, 0.2) is 77.7 Å². The molecule has 0 radical (unpaired) electrons. The number of hydrogen-bond donors (Lipinski definition) is 1. The van der Waals surface area contributed by atoms with Crippen molar-refractivity contribution >= 4 is 50.7 Å². The highest BCUT2D eigenvalue weighted by atomic mass is 35.5. The van der Waals surface area contributed by atoms with Gasteiger partial charge < -0.3 is 10.2 Å². The molecule has 2 amide bonds. The molecule has 202 valence electrons. The van der Waals surface area contributed by atoms with Crippen molar-refractivity contribution in [2.24, 2.45) is 0 Å². The van der Waals surface area contributed by atoms with Gasteiger partial charge in [0.1, 0.15) is 18.4 Å². The molecule has 3 aromatic rings. The number of anilines is 1. The number of amides is 2. The average Bonchev–Trinajstić information content (AvgIpc) is 2.91. The van der Waals surface area contributed by atoms with Crippen LogP contribution in [0.25, 0.3) is 0 Å². The van der Waals surface area contributed by atoms with E-state index >= 15 is 0 Å². The van der Waals surface area contributed by atoms with Crippen molar-refractivity contribution in [2.75, 3.05) is 17.4 Å². The van der Waals surface area contributed by atoms with E-state index < -0.39 is 34.3 Å². The minimum absolute atomic E-state index is 0.00290. The molecule has 3 aromatic carbocycles. The molecule has 0 bridgehead atoms. The monoisotopic (exact) mass is 579 g/mol. The zero-order valence-corrected chi connectivity index (χ0v) is 23.2. The third-order valence-electron chi connectivity index (χ3n) is 5.78. The molecule has 7 nitrogen and oxygen atoms in total. The zero-order valence-electron chi connectivity index (χ0n) is 20.9. The van der Waals surface area contributed by atoms with E-state index in [-0.39, 0.29) is 28.1 Å². The predicted octanol–water partition coefficient (Wildman–Crippen LogP) is 5.27. The van der Waals surface area contributed by atoms with Crippen LogP contribution >= 0.6 is 23.2 Å². The molecule has 0 aliphatic rings. The van der Waals surface area contributed by atoms with E-state index in [2.05, 4.69) is 5.32 Å².